The van der Waals surface area contributed by atoms with Gasteiger partial charge in [0.25, 0.3) is 0 Å². The van der Waals surface area contributed by atoms with Crippen molar-refractivity contribution in [2.45, 2.75) is 18.8 Å². The Bertz CT molecular complexity index is 454. The van der Waals surface area contributed by atoms with Crippen LogP contribution in [0.15, 0.2) is 42.0 Å². The van der Waals surface area contributed by atoms with Gasteiger partial charge in [-0.25, -0.2) is 0 Å². The predicted octanol–water partition coefficient (Wildman–Crippen LogP) is 2.85. The van der Waals surface area contributed by atoms with E-state index in [2.05, 4.69) is 36.4 Å². The third-order valence-electron chi connectivity index (χ3n) is 3.48. The van der Waals surface area contributed by atoms with E-state index in [9.17, 15) is 0 Å². The smallest absolute Gasteiger partial charge is 0.0221 e. The molecule has 0 aliphatic heterocycles. The van der Waals surface area contributed by atoms with E-state index in [0.29, 0.717) is 5.92 Å². The van der Waals surface area contributed by atoms with E-state index in [0.717, 1.165) is 6.54 Å². The second kappa shape index (κ2) is 3.35. The van der Waals surface area contributed by atoms with Gasteiger partial charge in [-0.2, -0.15) is 0 Å². The molecule has 1 atom stereocenters. The van der Waals surface area contributed by atoms with Gasteiger partial charge in [-0.3, -0.25) is 0 Å². The molecule has 0 saturated heterocycles. The van der Waals surface area contributed by atoms with Crippen molar-refractivity contribution in [2.24, 2.45) is 5.73 Å². The van der Waals surface area contributed by atoms with E-state index in [1.54, 1.807) is 0 Å². The molecule has 0 radical (unpaired) electrons. The molecule has 1 nitrogen and oxygen atoms in total. The summed E-state index contributed by atoms with van der Waals surface area (Å²) in [7, 11) is 0. The van der Waals surface area contributed by atoms with Crippen molar-refractivity contribution in [3.8, 4) is 0 Å². The Kier molecular flexibility index (Phi) is 2.00. The molecule has 0 heterocycles. The van der Waals surface area contributed by atoms with Crippen molar-refractivity contribution in [3.05, 3.63) is 53.1 Å². The van der Waals surface area contributed by atoms with E-state index in [1.165, 1.54) is 35.1 Å². The predicted molar refractivity (Wildman–Crippen MR) is 63.5 cm³/mol. The first-order chi connectivity index (χ1) is 7.42. The van der Waals surface area contributed by atoms with Crippen LogP contribution in [0.5, 0.6) is 0 Å². The number of hydrogen-bond donors (Lipinski definition) is 1. The van der Waals surface area contributed by atoms with Gasteiger partial charge in [0.2, 0.25) is 0 Å². The lowest BCUT2D eigenvalue weighted by molar-refractivity contribution is 0.829. The largest absolute Gasteiger partial charge is 0.330 e. The highest BCUT2D eigenvalue weighted by Crippen LogP contribution is 2.45. The number of allylic oxidation sites excluding steroid dienone is 3. The Hall–Kier alpha value is -1.34. The normalized spacial score (nSPS) is 22.9. The van der Waals surface area contributed by atoms with Gasteiger partial charge in [-0.05, 0) is 35.1 Å². The monoisotopic (exact) mass is 197 g/mol. The third-order valence-corrected chi connectivity index (χ3v) is 3.48. The fourth-order valence-corrected chi connectivity index (χ4v) is 2.80. The van der Waals surface area contributed by atoms with Crippen LogP contribution in [0.2, 0.25) is 0 Å². The van der Waals surface area contributed by atoms with E-state index in [-0.39, 0.29) is 0 Å². The molecular formula is C14H15N. The summed E-state index contributed by atoms with van der Waals surface area (Å²) in [6.45, 7) is 0.722. The first-order valence-corrected chi connectivity index (χ1v) is 5.61. The van der Waals surface area contributed by atoms with Gasteiger partial charge in [0, 0.05) is 12.5 Å². The molecule has 1 aromatic carbocycles. The lowest BCUT2D eigenvalue weighted by atomic mass is 9.93. The fourth-order valence-electron chi connectivity index (χ4n) is 2.80. The second-order valence-electron chi connectivity index (χ2n) is 4.25. The molecule has 2 aliphatic carbocycles. The number of nitrogens with two attached hydrogens (primary N) is 1. The molecule has 1 unspecified atom stereocenters. The summed E-state index contributed by atoms with van der Waals surface area (Å²) in [5, 5.41) is 0. The summed E-state index contributed by atoms with van der Waals surface area (Å²) in [4.78, 5) is 0. The molecule has 1 aromatic rings. The van der Waals surface area contributed by atoms with Crippen molar-refractivity contribution < 1.29 is 0 Å². The second-order valence-corrected chi connectivity index (χ2v) is 4.25. The maximum atomic E-state index is 5.89. The third kappa shape index (κ3) is 1.20. The van der Waals surface area contributed by atoms with Crippen LogP contribution in [0.3, 0.4) is 0 Å². The van der Waals surface area contributed by atoms with Gasteiger partial charge in [-0.15, -0.1) is 0 Å². The lowest BCUT2D eigenvalue weighted by Gasteiger charge is -2.13. The highest BCUT2D eigenvalue weighted by molar-refractivity contribution is 5.81. The molecule has 0 fully saturated rings. The zero-order valence-electron chi connectivity index (χ0n) is 8.74. The number of benzene rings is 1. The number of rotatable bonds is 1. The minimum absolute atomic E-state index is 0.438. The molecule has 0 spiro atoms. The van der Waals surface area contributed by atoms with Crippen LogP contribution >= 0.6 is 0 Å². The van der Waals surface area contributed by atoms with Gasteiger partial charge in [-0.1, -0.05) is 36.4 Å². The molecule has 2 aliphatic rings. The summed E-state index contributed by atoms with van der Waals surface area (Å²) in [6.07, 6.45) is 6.90. The molecule has 0 bridgehead atoms. The molecule has 0 amide bonds. The minimum Gasteiger partial charge on any atom is -0.330 e. The van der Waals surface area contributed by atoms with Crippen LogP contribution < -0.4 is 5.73 Å². The highest BCUT2D eigenvalue weighted by atomic mass is 14.6. The summed E-state index contributed by atoms with van der Waals surface area (Å²) in [5.74, 6) is 0.438. The number of hydrogen-bond acceptors (Lipinski definition) is 1. The Morgan fingerprint density at radius 1 is 1.27 bits per heavy atom. The van der Waals surface area contributed by atoms with Gasteiger partial charge in [0.15, 0.2) is 0 Å². The van der Waals surface area contributed by atoms with Crippen LogP contribution in [-0.4, -0.2) is 6.54 Å². The Morgan fingerprint density at radius 3 is 3.00 bits per heavy atom. The zero-order chi connectivity index (χ0) is 10.3. The summed E-state index contributed by atoms with van der Waals surface area (Å²) >= 11 is 0. The van der Waals surface area contributed by atoms with E-state index < -0.39 is 0 Å². The first kappa shape index (κ1) is 8.93. The van der Waals surface area contributed by atoms with Gasteiger partial charge in [0.1, 0.15) is 0 Å². The summed E-state index contributed by atoms with van der Waals surface area (Å²) in [5.41, 5.74) is 11.7. The van der Waals surface area contributed by atoms with Gasteiger partial charge >= 0.3 is 0 Å². The Labute approximate surface area is 90.3 Å². The van der Waals surface area contributed by atoms with E-state index in [4.69, 9.17) is 5.73 Å². The van der Waals surface area contributed by atoms with Crippen molar-refractivity contribution in [1.82, 2.24) is 0 Å². The van der Waals surface area contributed by atoms with Crippen molar-refractivity contribution in [3.63, 3.8) is 0 Å². The van der Waals surface area contributed by atoms with Crippen molar-refractivity contribution in [2.75, 3.05) is 6.54 Å². The summed E-state index contributed by atoms with van der Waals surface area (Å²) in [6, 6.07) is 8.70. The fraction of sp³-hybridized carbons (Fsp3) is 0.286. The Balaban J connectivity index is 2.20. The van der Waals surface area contributed by atoms with E-state index >= 15 is 0 Å². The van der Waals surface area contributed by atoms with Crippen LogP contribution in [0.4, 0.5) is 0 Å². The van der Waals surface area contributed by atoms with Crippen molar-refractivity contribution >= 4 is 5.57 Å². The topological polar surface area (TPSA) is 26.0 Å². The van der Waals surface area contributed by atoms with E-state index in [1.807, 2.05) is 0 Å². The molecule has 15 heavy (non-hydrogen) atoms. The van der Waals surface area contributed by atoms with Gasteiger partial charge in [0.05, 0.1) is 0 Å². The Morgan fingerprint density at radius 2 is 2.13 bits per heavy atom. The van der Waals surface area contributed by atoms with Crippen molar-refractivity contribution in [1.29, 1.82) is 0 Å². The van der Waals surface area contributed by atoms with Crippen LogP contribution in [0.25, 0.3) is 5.57 Å². The zero-order valence-corrected chi connectivity index (χ0v) is 8.74. The maximum Gasteiger partial charge on any atom is 0.0221 e. The molecule has 76 valence electrons. The molecular weight excluding hydrogens is 182 g/mol. The van der Waals surface area contributed by atoms with Gasteiger partial charge < -0.3 is 5.73 Å². The molecule has 0 aromatic heterocycles. The lowest BCUT2D eigenvalue weighted by Crippen LogP contribution is -2.12. The minimum atomic E-state index is 0.438. The maximum absolute atomic E-state index is 5.89. The molecule has 1 heteroatoms. The van der Waals surface area contributed by atoms with Crippen LogP contribution in [0.1, 0.15) is 29.9 Å². The molecule has 3 rings (SSSR count). The van der Waals surface area contributed by atoms with Crippen LogP contribution in [0, 0.1) is 0 Å². The first-order valence-electron chi connectivity index (χ1n) is 5.61. The molecule has 2 N–H and O–H groups in total. The average Bonchev–Trinajstić information content (AvgIpc) is 2.63. The quantitative estimate of drug-likeness (QED) is 0.736. The summed E-state index contributed by atoms with van der Waals surface area (Å²) < 4.78 is 0. The average molecular weight is 197 g/mol. The number of fused-ring (bicyclic) bond motifs is 2. The molecule has 0 saturated carbocycles. The SMILES string of the molecule is NCC1C2=C(CCC=C2)c2ccccc21. The standard InChI is InChI=1S/C14H15N/c15-9-14-12-7-3-1-5-10(12)11-6-2-4-8-13(11)14/h1,3-5,7-8,14H,2,6,9,15H2. The highest BCUT2D eigenvalue weighted by Gasteiger charge is 2.28. The van der Waals surface area contributed by atoms with Crippen LogP contribution in [-0.2, 0) is 0 Å².